The second-order valence-electron chi connectivity index (χ2n) is 9.18. The number of aliphatic hydroxyl groups excluding tert-OH is 1. The van der Waals surface area contributed by atoms with Crippen molar-refractivity contribution in [2.45, 2.75) is 13.8 Å². The van der Waals surface area contributed by atoms with Gasteiger partial charge in [0.1, 0.15) is 0 Å². The molecule has 0 saturated heterocycles. The van der Waals surface area contributed by atoms with Crippen LogP contribution in [0.25, 0.3) is 55.1 Å². The van der Waals surface area contributed by atoms with Crippen LogP contribution in [0.4, 0.5) is 0 Å². The minimum Gasteiger partial charge on any atom is -0.512 e. The molecule has 1 radical (unpaired) electrons. The minimum atomic E-state index is -0.125. The number of rotatable bonds is 3. The van der Waals surface area contributed by atoms with E-state index in [0.717, 1.165) is 55.1 Å². The molecule has 199 valence electrons. The van der Waals surface area contributed by atoms with Gasteiger partial charge in [-0.05, 0) is 61.4 Å². The maximum atomic E-state index is 10.0. The smallest absolute Gasteiger partial charge is 0.155 e. The second-order valence-corrected chi connectivity index (χ2v) is 9.18. The van der Waals surface area contributed by atoms with Crippen molar-refractivity contribution >= 4 is 49.5 Å². The molecule has 2 aromatic carbocycles. The predicted octanol–water partition coefficient (Wildman–Crippen LogP) is 6.90. The monoisotopic (exact) mass is 703 g/mol. The van der Waals surface area contributed by atoms with Gasteiger partial charge in [-0.25, -0.2) is 0 Å². The van der Waals surface area contributed by atoms with Crippen LogP contribution < -0.4 is 0 Å². The van der Waals surface area contributed by atoms with Crippen molar-refractivity contribution in [1.29, 1.82) is 0 Å². The van der Waals surface area contributed by atoms with Crippen LogP contribution in [-0.2, 0) is 24.9 Å². The van der Waals surface area contributed by atoms with E-state index >= 15 is 0 Å². The average molecular weight is 703 g/mol. The number of benzene rings is 2. The summed E-state index contributed by atoms with van der Waals surface area (Å²) in [5, 5.41) is 11.5. The average Bonchev–Trinajstić information content (AvgIpc) is 3.46. The first-order valence-corrected chi connectivity index (χ1v) is 12.5. The topological polar surface area (TPSA) is 85.8 Å². The first-order chi connectivity index (χ1) is 19.0. The molecule has 7 nitrogen and oxygen atoms in total. The molecule has 0 saturated carbocycles. The van der Waals surface area contributed by atoms with Gasteiger partial charge in [0.05, 0.1) is 5.76 Å². The van der Waals surface area contributed by atoms with Crippen LogP contribution >= 0.6 is 0 Å². The first kappa shape index (κ1) is 26.9. The van der Waals surface area contributed by atoms with E-state index in [1.165, 1.54) is 19.9 Å². The number of allylic oxidation sites excluding steroid dienone is 2. The number of hydrogen-bond donors (Lipinski definition) is 1. The molecule has 0 unspecified atom stereocenters. The van der Waals surface area contributed by atoms with Gasteiger partial charge < -0.3 is 19.2 Å². The normalized spacial score (nSPS) is 11.4. The SMILES string of the molecule is CC(=O)/C=C(/C)O.[Ir].[c-]1cc(-n2c3ccncc3c3cnccc32)cc2c1c1ncccc1n2-c1ccccc1. The molecule has 0 aliphatic heterocycles. The second kappa shape index (κ2) is 11.2. The van der Waals surface area contributed by atoms with Crippen molar-refractivity contribution in [3.8, 4) is 11.4 Å². The predicted molar refractivity (Wildman–Crippen MR) is 154 cm³/mol. The zero-order chi connectivity index (χ0) is 26.9. The summed E-state index contributed by atoms with van der Waals surface area (Å²) in [6.45, 7) is 2.85. The van der Waals surface area contributed by atoms with Crippen LogP contribution in [0.1, 0.15) is 13.8 Å². The van der Waals surface area contributed by atoms with Crippen molar-refractivity contribution in [3.05, 3.63) is 116 Å². The maximum absolute atomic E-state index is 10.0. The fourth-order valence-corrected chi connectivity index (χ4v) is 5.01. The van der Waals surface area contributed by atoms with Crippen molar-refractivity contribution in [2.75, 3.05) is 0 Å². The van der Waals surface area contributed by atoms with E-state index in [1.54, 1.807) is 0 Å². The number of nitrogens with zero attached hydrogens (tertiary/aromatic N) is 5. The molecular weight excluding hydrogens is 679 g/mol. The molecule has 5 aromatic heterocycles. The summed E-state index contributed by atoms with van der Waals surface area (Å²) in [5.41, 5.74) is 7.41. The molecule has 7 rings (SSSR count). The Morgan fingerprint density at radius 2 is 1.45 bits per heavy atom. The molecule has 40 heavy (non-hydrogen) atoms. The quantitative estimate of drug-likeness (QED) is 0.123. The summed E-state index contributed by atoms with van der Waals surface area (Å²) in [5.74, 6) is -0.0625. The number of ketones is 1. The third-order valence-corrected chi connectivity index (χ3v) is 6.46. The number of aliphatic hydroxyl groups is 1. The molecule has 0 amide bonds. The van der Waals surface area contributed by atoms with E-state index in [1.807, 2.05) is 61.3 Å². The summed E-state index contributed by atoms with van der Waals surface area (Å²) in [4.78, 5) is 23.4. The van der Waals surface area contributed by atoms with E-state index < -0.39 is 0 Å². The van der Waals surface area contributed by atoms with Gasteiger partial charge in [0.15, 0.2) is 5.78 Å². The summed E-state index contributed by atoms with van der Waals surface area (Å²) in [6.07, 6.45) is 10.5. The van der Waals surface area contributed by atoms with Gasteiger partial charge in [0, 0.05) is 95.7 Å². The van der Waals surface area contributed by atoms with Gasteiger partial charge >= 0.3 is 0 Å². The molecule has 0 fully saturated rings. The molecule has 0 aliphatic carbocycles. The number of carbonyl (C=O) groups is 1. The molecule has 0 bridgehead atoms. The summed E-state index contributed by atoms with van der Waals surface area (Å²) in [7, 11) is 0. The Kier molecular flexibility index (Phi) is 7.56. The zero-order valence-corrected chi connectivity index (χ0v) is 24.1. The van der Waals surface area contributed by atoms with E-state index in [9.17, 15) is 4.79 Å². The van der Waals surface area contributed by atoms with Gasteiger partial charge in [-0.1, -0.05) is 29.7 Å². The molecular formula is C32H24IrN5O2-. The van der Waals surface area contributed by atoms with Crippen molar-refractivity contribution in [1.82, 2.24) is 24.1 Å². The van der Waals surface area contributed by atoms with Gasteiger partial charge in [0.2, 0.25) is 0 Å². The van der Waals surface area contributed by atoms with Gasteiger partial charge in [-0.2, -0.15) is 0 Å². The Hall–Kier alpha value is -4.65. The standard InChI is InChI=1S/C27H16N5.C5H8O2.Ir/c1-2-5-18(6-3-1)31-25-7-4-12-30-27(25)20-9-8-19(15-26(20)31)32-23-10-13-28-16-21(23)22-17-29-14-11-24(22)32;1-4(6)3-5(2)7;/h1-8,10-17H;3,6H,1-2H3;/q-1;;/b;4-3-;. The largest absolute Gasteiger partial charge is 0.512 e. The van der Waals surface area contributed by atoms with Crippen LogP contribution in [0.3, 0.4) is 0 Å². The molecule has 1 N–H and O–H groups in total. The number of carbonyl (C=O) groups excluding carboxylic acids is 1. The Balaban J connectivity index is 0.000000362. The Labute approximate surface area is 243 Å². The van der Waals surface area contributed by atoms with E-state index in [4.69, 9.17) is 5.11 Å². The summed E-state index contributed by atoms with van der Waals surface area (Å²) < 4.78 is 4.51. The van der Waals surface area contributed by atoms with Crippen molar-refractivity contribution in [2.24, 2.45) is 0 Å². The van der Waals surface area contributed by atoms with Crippen molar-refractivity contribution in [3.63, 3.8) is 0 Å². The molecule has 7 aromatic rings. The third-order valence-electron chi connectivity index (χ3n) is 6.46. The third kappa shape index (κ3) is 4.79. The van der Waals surface area contributed by atoms with Crippen LogP contribution in [0.5, 0.6) is 0 Å². The Morgan fingerprint density at radius 3 is 2.05 bits per heavy atom. The van der Waals surface area contributed by atoms with E-state index in [0.29, 0.717) is 0 Å². The van der Waals surface area contributed by atoms with E-state index in [-0.39, 0.29) is 31.6 Å². The fourth-order valence-electron chi connectivity index (χ4n) is 5.01. The molecule has 0 atom stereocenters. The van der Waals surface area contributed by atoms with Gasteiger partial charge in [-0.15, -0.1) is 12.1 Å². The number of fused-ring (bicyclic) bond motifs is 6. The molecule has 0 aliphatic rings. The maximum Gasteiger partial charge on any atom is 0.155 e. The van der Waals surface area contributed by atoms with Gasteiger partial charge in [-0.3, -0.25) is 14.8 Å². The van der Waals surface area contributed by atoms with Crippen LogP contribution in [0.15, 0.2) is 110 Å². The fraction of sp³-hybridized carbons (Fsp3) is 0.0625. The van der Waals surface area contributed by atoms with E-state index in [2.05, 4.69) is 66.6 Å². The Bertz CT molecular complexity index is 1970. The number of hydrogen-bond acceptors (Lipinski definition) is 5. The van der Waals surface area contributed by atoms with Crippen LogP contribution in [0, 0.1) is 6.07 Å². The van der Waals surface area contributed by atoms with Crippen molar-refractivity contribution < 1.29 is 30.0 Å². The Morgan fingerprint density at radius 1 is 0.800 bits per heavy atom. The summed E-state index contributed by atoms with van der Waals surface area (Å²) >= 11 is 0. The number of pyridine rings is 3. The van der Waals surface area contributed by atoms with Gasteiger partial charge in [0.25, 0.3) is 0 Å². The summed E-state index contributed by atoms with van der Waals surface area (Å²) in [6, 6.07) is 26.4. The number of aromatic nitrogens is 5. The van der Waals surface area contributed by atoms with Crippen LogP contribution in [0.2, 0.25) is 0 Å². The zero-order valence-electron chi connectivity index (χ0n) is 21.7. The molecule has 0 spiro atoms. The molecule has 8 heteroatoms. The number of para-hydroxylation sites is 1. The molecule has 5 heterocycles. The van der Waals surface area contributed by atoms with Crippen LogP contribution in [-0.4, -0.2) is 35.0 Å². The first-order valence-electron chi connectivity index (χ1n) is 12.5. The minimum absolute atomic E-state index is 0.